The highest BCUT2D eigenvalue weighted by Crippen LogP contribution is 2.33. The van der Waals surface area contributed by atoms with Crippen molar-refractivity contribution in [2.45, 2.75) is 0 Å². The maximum atomic E-state index is 10.8. The van der Waals surface area contributed by atoms with Gasteiger partial charge < -0.3 is 4.42 Å². The van der Waals surface area contributed by atoms with E-state index in [1.807, 2.05) is 0 Å². The first kappa shape index (κ1) is 8.94. The lowest BCUT2D eigenvalue weighted by molar-refractivity contribution is 0.555. The lowest BCUT2D eigenvalue weighted by atomic mass is 10.3. The van der Waals surface area contributed by atoms with Crippen LogP contribution in [-0.4, -0.2) is 4.98 Å². The molecule has 3 nitrogen and oxygen atoms in total. The quantitative estimate of drug-likeness (QED) is 0.717. The zero-order chi connectivity index (χ0) is 9.59. The SMILES string of the molecule is O=c1[nH]c2c(Cl)c(Cl)cc(Cl)c2o1. The van der Waals surface area contributed by atoms with Crippen LogP contribution < -0.4 is 5.76 Å². The van der Waals surface area contributed by atoms with Gasteiger partial charge in [0.2, 0.25) is 0 Å². The fraction of sp³-hybridized carbons (Fsp3) is 0. The third-order valence-electron chi connectivity index (χ3n) is 1.55. The van der Waals surface area contributed by atoms with Gasteiger partial charge in [0.15, 0.2) is 5.58 Å². The van der Waals surface area contributed by atoms with Gasteiger partial charge in [-0.25, -0.2) is 4.79 Å². The lowest BCUT2D eigenvalue weighted by Gasteiger charge is -1.96. The summed E-state index contributed by atoms with van der Waals surface area (Å²) in [6, 6.07) is 1.42. The van der Waals surface area contributed by atoms with Crippen molar-refractivity contribution in [3.05, 3.63) is 31.7 Å². The van der Waals surface area contributed by atoms with Gasteiger partial charge in [-0.15, -0.1) is 0 Å². The van der Waals surface area contributed by atoms with E-state index in [0.29, 0.717) is 5.52 Å². The molecule has 1 aromatic carbocycles. The number of rotatable bonds is 0. The summed E-state index contributed by atoms with van der Waals surface area (Å²) in [6.07, 6.45) is 0. The maximum absolute atomic E-state index is 10.8. The highest BCUT2D eigenvalue weighted by Gasteiger charge is 2.12. The van der Waals surface area contributed by atoms with E-state index in [2.05, 4.69) is 4.98 Å². The Kier molecular flexibility index (Phi) is 2.02. The van der Waals surface area contributed by atoms with Crippen molar-refractivity contribution in [2.24, 2.45) is 0 Å². The van der Waals surface area contributed by atoms with Gasteiger partial charge in [-0.05, 0) is 6.07 Å². The molecule has 1 aromatic heterocycles. The van der Waals surface area contributed by atoms with E-state index < -0.39 is 5.76 Å². The molecule has 1 N–H and O–H groups in total. The normalized spacial score (nSPS) is 11.0. The molecule has 0 unspecified atom stereocenters. The summed E-state index contributed by atoms with van der Waals surface area (Å²) in [6.45, 7) is 0. The number of aromatic nitrogens is 1. The lowest BCUT2D eigenvalue weighted by Crippen LogP contribution is -1.93. The molecule has 0 radical (unpaired) electrons. The summed E-state index contributed by atoms with van der Waals surface area (Å²) in [5.74, 6) is -0.610. The molecular formula is C7H2Cl3NO2. The van der Waals surface area contributed by atoms with Crippen LogP contribution in [0.2, 0.25) is 15.1 Å². The molecule has 0 spiro atoms. The van der Waals surface area contributed by atoms with Crippen LogP contribution in [0, 0.1) is 0 Å². The molecule has 0 aliphatic heterocycles. The number of hydrogen-bond donors (Lipinski definition) is 1. The van der Waals surface area contributed by atoms with Crippen molar-refractivity contribution >= 4 is 45.9 Å². The van der Waals surface area contributed by atoms with E-state index in [4.69, 9.17) is 39.2 Å². The van der Waals surface area contributed by atoms with E-state index >= 15 is 0 Å². The van der Waals surface area contributed by atoms with Gasteiger partial charge in [-0.1, -0.05) is 34.8 Å². The fourth-order valence-corrected chi connectivity index (χ4v) is 1.70. The first-order chi connectivity index (χ1) is 6.09. The van der Waals surface area contributed by atoms with Crippen molar-refractivity contribution in [2.75, 3.05) is 0 Å². The molecule has 0 bridgehead atoms. The third kappa shape index (κ3) is 1.33. The molecule has 68 valence electrons. The Morgan fingerprint density at radius 2 is 1.92 bits per heavy atom. The molecule has 2 aromatic rings. The van der Waals surface area contributed by atoms with Crippen molar-refractivity contribution in [3.63, 3.8) is 0 Å². The standard InChI is InChI=1S/C7H2Cl3NO2/c8-2-1-3(9)6-5(4(2)10)11-7(12)13-6/h1H,(H,11,12). The van der Waals surface area contributed by atoms with Gasteiger partial charge in [0.25, 0.3) is 0 Å². The Hall–Kier alpha value is -0.640. The van der Waals surface area contributed by atoms with Gasteiger partial charge in [-0.2, -0.15) is 0 Å². The molecule has 0 saturated carbocycles. The molecule has 2 rings (SSSR count). The Morgan fingerprint density at radius 1 is 1.23 bits per heavy atom. The molecular weight excluding hydrogens is 236 g/mol. The van der Waals surface area contributed by atoms with Gasteiger partial charge in [0.05, 0.1) is 15.1 Å². The second kappa shape index (κ2) is 2.94. The van der Waals surface area contributed by atoms with E-state index in [-0.39, 0.29) is 20.7 Å². The molecule has 1 heterocycles. The number of halogens is 3. The Morgan fingerprint density at radius 3 is 2.62 bits per heavy atom. The Labute approximate surface area is 87.2 Å². The first-order valence-corrected chi connectivity index (χ1v) is 4.39. The van der Waals surface area contributed by atoms with Crippen LogP contribution in [0.4, 0.5) is 0 Å². The highest BCUT2D eigenvalue weighted by atomic mass is 35.5. The van der Waals surface area contributed by atoms with Crippen LogP contribution in [0.5, 0.6) is 0 Å². The minimum Gasteiger partial charge on any atom is -0.406 e. The summed E-state index contributed by atoms with van der Waals surface area (Å²) in [7, 11) is 0. The number of benzene rings is 1. The van der Waals surface area contributed by atoms with E-state index in [9.17, 15) is 4.79 Å². The number of hydrogen-bond acceptors (Lipinski definition) is 2. The third-order valence-corrected chi connectivity index (χ3v) is 2.62. The second-order valence-corrected chi connectivity index (χ2v) is 3.57. The van der Waals surface area contributed by atoms with Gasteiger partial charge >= 0.3 is 5.76 Å². The summed E-state index contributed by atoms with van der Waals surface area (Å²) >= 11 is 17.3. The molecule has 0 atom stereocenters. The molecule has 0 aliphatic rings. The van der Waals surface area contributed by atoms with Gasteiger partial charge in [0, 0.05) is 0 Å². The predicted molar refractivity (Wildman–Crippen MR) is 51.9 cm³/mol. The van der Waals surface area contributed by atoms with Crippen LogP contribution >= 0.6 is 34.8 Å². The number of oxazole rings is 1. The molecule has 0 fully saturated rings. The van der Waals surface area contributed by atoms with E-state index in [1.165, 1.54) is 6.07 Å². The minimum atomic E-state index is -0.610. The maximum Gasteiger partial charge on any atom is 0.417 e. The number of H-pyrrole nitrogens is 1. The smallest absolute Gasteiger partial charge is 0.406 e. The fourth-order valence-electron chi connectivity index (χ4n) is 1.01. The Balaban J connectivity index is 3.04. The van der Waals surface area contributed by atoms with Gasteiger partial charge in [-0.3, -0.25) is 4.98 Å². The van der Waals surface area contributed by atoms with Gasteiger partial charge in [0.1, 0.15) is 5.52 Å². The molecule has 0 saturated heterocycles. The minimum absolute atomic E-state index is 0.223. The Bertz CT molecular complexity index is 528. The van der Waals surface area contributed by atoms with Crippen LogP contribution in [0.15, 0.2) is 15.3 Å². The summed E-state index contributed by atoms with van der Waals surface area (Å²) < 4.78 is 4.75. The number of nitrogens with one attached hydrogen (secondary N) is 1. The second-order valence-electron chi connectivity index (χ2n) is 2.37. The zero-order valence-electron chi connectivity index (χ0n) is 6.03. The molecule has 13 heavy (non-hydrogen) atoms. The van der Waals surface area contributed by atoms with E-state index in [0.717, 1.165) is 0 Å². The van der Waals surface area contributed by atoms with Crippen LogP contribution in [0.1, 0.15) is 0 Å². The number of fused-ring (bicyclic) bond motifs is 1. The van der Waals surface area contributed by atoms with Crippen LogP contribution in [-0.2, 0) is 0 Å². The largest absolute Gasteiger partial charge is 0.417 e. The highest BCUT2D eigenvalue weighted by molar-refractivity contribution is 6.47. The van der Waals surface area contributed by atoms with Crippen molar-refractivity contribution in [3.8, 4) is 0 Å². The van der Waals surface area contributed by atoms with Crippen LogP contribution in [0.3, 0.4) is 0 Å². The topological polar surface area (TPSA) is 46.0 Å². The van der Waals surface area contributed by atoms with Crippen molar-refractivity contribution in [1.29, 1.82) is 0 Å². The first-order valence-electron chi connectivity index (χ1n) is 3.26. The zero-order valence-corrected chi connectivity index (χ0v) is 8.30. The average Bonchev–Trinajstić information content (AvgIpc) is 2.44. The average molecular weight is 238 g/mol. The monoisotopic (exact) mass is 237 g/mol. The molecule has 6 heteroatoms. The van der Waals surface area contributed by atoms with Crippen LogP contribution in [0.25, 0.3) is 11.1 Å². The summed E-state index contributed by atoms with van der Waals surface area (Å²) in [5, 5.41) is 0.755. The predicted octanol–water partition coefficient (Wildman–Crippen LogP) is 3.08. The molecule has 0 aliphatic carbocycles. The van der Waals surface area contributed by atoms with Crippen molar-refractivity contribution < 1.29 is 4.42 Å². The number of aromatic amines is 1. The van der Waals surface area contributed by atoms with Crippen molar-refractivity contribution in [1.82, 2.24) is 4.98 Å². The van der Waals surface area contributed by atoms with E-state index in [1.54, 1.807) is 0 Å². The summed E-state index contributed by atoms with van der Waals surface area (Å²) in [4.78, 5) is 13.2. The summed E-state index contributed by atoms with van der Waals surface area (Å²) in [5.41, 5.74) is 0.547. The molecule has 0 amide bonds.